The van der Waals surface area contributed by atoms with Crippen LogP contribution >= 0.6 is 23.2 Å². The molecule has 0 aromatic heterocycles. The summed E-state index contributed by atoms with van der Waals surface area (Å²) in [6.45, 7) is 0.877. The zero-order valence-corrected chi connectivity index (χ0v) is 12.2. The maximum absolute atomic E-state index is 12.1. The number of anilines is 1. The highest BCUT2D eigenvalue weighted by atomic mass is 35.5. The second-order valence-electron chi connectivity index (χ2n) is 4.81. The number of halogens is 2. The number of rotatable bonds is 1. The van der Waals surface area contributed by atoms with Crippen LogP contribution in [0.5, 0.6) is 0 Å². The van der Waals surface area contributed by atoms with E-state index in [1.54, 1.807) is 23.1 Å². The molecule has 20 heavy (non-hydrogen) atoms. The minimum Gasteiger partial charge on any atom is -0.324 e. The zero-order valence-electron chi connectivity index (χ0n) is 10.7. The van der Waals surface area contributed by atoms with Gasteiger partial charge in [0.15, 0.2) is 0 Å². The van der Waals surface area contributed by atoms with Gasteiger partial charge < -0.3 is 16.0 Å². The molecule has 0 atom stereocenters. The van der Waals surface area contributed by atoms with E-state index in [1.165, 1.54) is 0 Å². The lowest BCUT2D eigenvalue weighted by molar-refractivity contribution is 0.185. The van der Waals surface area contributed by atoms with Crippen LogP contribution < -0.4 is 11.1 Å². The topological polar surface area (TPSA) is 82.2 Å². The van der Waals surface area contributed by atoms with E-state index in [9.17, 15) is 4.79 Å². The van der Waals surface area contributed by atoms with Gasteiger partial charge in [-0.15, -0.1) is 0 Å². The molecule has 5 nitrogen and oxygen atoms in total. The molecule has 2 rings (SSSR count). The number of urea groups is 1. The number of benzene rings is 1. The summed E-state index contributed by atoms with van der Waals surface area (Å²) in [5.41, 5.74) is 5.50. The number of nitrogens with two attached hydrogens (primary N) is 1. The van der Waals surface area contributed by atoms with Crippen molar-refractivity contribution in [3.05, 3.63) is 28.2 Å². The van der Waals surface area contributed by atoms with Gasteiger partial charge in [0.1, 0.15) is 5.54 Å². The highest BCUT2D eigenvalue weighted by molar-refractivity contribution is 6.35. The van der Waals surface area contributed by atoms with E-state index in [4.69, 9.17) is 34.2 Å². The summed E-state index contributed by atoms with van der Waals surface area (Å²) in [4.78, 5) is 13.7. The standard InChI is InChI=1S/C13H14Cl2N4O/c14-9-1-2-10(15)11(7-9)18-12(20)19-5-3-13(17,8-16)4-6-19/h1-2,7H,3-6,17H2,(H,18,20). The van der Waals surface area contributed by atoms with Crippen molar-refractivity contribution in [2.75, 3.05) is 18.4 Å². The Balaban J connectivity index is 2.00. The molecule has 1 heterocycles. The molecular weight excluding hydrogens is 299 g/mol. The second kappa shape index (κ2) is 5.88. The van der Waals surface area contributed by atoms with Crippen LogP contribution in [-0.4, -0.2) is 29.6 Å². The summed E-state index contributed by atoms with van der Waals surface area (Å²) in [5.74, 6) is 0. The molecule has 0 aliphatic carbocycles. The predicted octanol–water partition coefficient (Wildman–Crippen LogP) is 2.84. The normalized spacial score (nSPS) is 17.4. The van der Waals surface area contributed by atoms with Gasteiger partial charge in [-0.1, -0.05) is 23.2 Å². The molecule has 0 spiro atoms. The predicted molar refractivity (Wildman–Crippen MR) is 78.8 cm³/mol. The monoisotopic (exact) mass is 312 g/mol. The van der Waals surface area contributed by atoms with Crippen molar-refractivity contribution in [3.8, 4) is 6.07 Å². The van der Waals surface area contributed by atoms with Crippen molar-refractivity contribution in [2.24, 2.45) is 5.73 Å². The third-order valence-corrected chi connectivity index (χ3v) is 3.90. The van der Waals surface area contributed by atoms with Gasteiger partial charge in [0.2, 0.25) is 0 Å². The molecule has 0 bridgehead atoms. The molecule has 2 amide bonds. The molecule has 1 aliphatic rings. The number of nitrogens with zero attached hydrogens (tertiary/aromatic N) is 2. The number of carbonyl (C=O) groups excluding carboxylic acids is 1. The fourth-order valence-electron chi connectivity index (χ4n) is 2.01. The summed E-state index contributed by atoms with van der Waals surface area (Å²) in [7, 11) is 0. The SMILES string of the molecule is N#CC1(N)CCN(C(=O)Nc2cc(Cl)ccc2Cl)CC1. The number of likely N-dealkylation sites (tertiary alicyclic amines) is 1. The highest BCUT2D eigenvalue weighted by Gasteiger charge is 2.32. The molecule has 1 fully saturated rings. The largest absolute Gasteiger partial charge is 0.324 e. The molecular formula is C13H14Cl2N4O. The lowest BCUT2D eigenvalue weighted by Crippen LogP contribution is -2.51. The Bertz CT molecular complexity index is 562. The average molecular weight is 313 g/mol. The molecule has 1 saturated heterocycles. The van der Waals surface area contributed by atoms with E-state index in [2.05, 4.69) is 11.4 Å². The van der Waals surface area contributed by atoms with Crippen molar-refractivity contribution in [1.29, 1.82) is 5.26 Å². The summed E-state index contributed by atoms with van der Waals surface area (Å²) in [5, 5.41) is 12.6. The molecule has 106 valence electrons. The Hall–Kier alpha value is -1.48. The van der Waals surface area contributed by atoms with Gasteiger partial charge >= 0.3 is 6.03 Å². The Morgan fingerprint density at radius 2 is 2.05 bits per heavy atom. The number of amides is 2. The number of hydrogen-bond acceptors (Lipinski definition) is 3. The zero-order chi connectivity index (χ0) is 14.8. The van der Waals surface area contributed by atoms with Crippen LogP contribution in [0, 0.1) is 11.3 Å². The Morgan fingerprint density at radius 3 is 2.65 bits per heavy atom. The van der Waals surface area contributed by atoms with E-state index in [1.807, 2.05) is 0 Å². The van der Waals surface area contributed by atoms with Crippen molar-refractivity contribution < 1.29 is 4.79 Å². The molecule has 0 radical (unpaired) electrons. The number of piperidine rings is 1. The quantitative estimate of drug-likeness (QED) is 0.836. The maximum Gasteiger partial charge on any atom is 0.321 e. The van der Waals surface area contributed by atoms with E-state index in [-0.39, 0.29) is 6.03 Å². The minimum atomic E-state index is -0.829. The Kier molecular flexibility index (Phi) is 4.39. The van der Waals surface area contributed by atoms with Crippen molar-refractivity contribution >= 4 is 34.9 Å². The molecule has 1 aromatic carbocycles. The van der Waals surface area contributed by atoms with Crippen LogP contribution in [0.3, 0.4) is 0 Å². The fraction of sp³-hybridized carbons (Fsp3) is 0.385. The summed E-state index contributed by atoms with van der Waals surface area (Å²) >= 11 is 11.9. The second-order valence-corrected chi connectivity index (χ2v) is 5.65. The number of nitrogens with one attached hydrogen (secondary N) is 1. The maximum atomic E-state index is 12.1. The van der Waals surface area contributed by atoms with Crippen LogP contribution in [0.2, 0.25) is 10.0 Å². The van der Waals surface area contributed by atoms with Crippen LogP contribution in [0.4, 0.5) is 10.5 Å². The fourth-order valence-corrected chi connectivity index (χ4v) is 2.35. The molecule has 1 aliphatic heterocycles. The molecule has 7 heteroatoms. The van der Waals surface area contributed by atoms with Crippen molar-refractivity contribution in [3.63, 3.8) is 0 Å². The van der Waals surface area contributed by atoms with E-state index in [0.717, 1.165) is 0 Å². The van der Waals surface area contributed by atoms with Gasteiger partial charge in [0.05, 0.1) is 16.8 Å². The van der Waals surface area contributed by atoms with Crippen LogP contribution in [0.1, 0.15) is 12.8 Å². The first-order chi connectivity index (χ1) is 9.43. The highest BCUT2D eigenvalue weighted by Crippen LogP contribution is 2.26. The number of carbonyl (C=O) groups is 1. The lowest BCUT2D eigenvalue weighted by atomic mass is 9.90. The first-order valence-corrected chi connectivity index (χ1v) is 6.90. The van der Waals surface area contributed by atoms with Crippen molar-refractivity contribution in [1.82, 2.24) is 4.90 Å². The minimum absolute atomic E-state index is 0.269. The van der Waals surface area contributed by atoms with Gasteiger partial charge in [0.25, 0.3) is 0 Å². The summed E-state index contributed by atoms with van der Waals surface area (Å²) in [6.07, 6.45) is 0.917. The van der Waals surface area contributed by atoms with Gasteiger partial charge in [-0.2, -0.15) is 5.26 Å². The Morgan fingerprint density at radius 1 is 1.40 bits per heavy atom. The van der Waals surface area contributed by atoms with E-state index in [0.29, 0.717) is 41.7 Å². The summed E-state index contributed by atoms with van der Waals surface area (Å²) in [6, 6.07) is 6.68. The van der Waals surface area contributed by atoms with Gasteiger partial charge in [-0.05, 0) is 31.0 Å². The van der Waals surface area contributed by atoms with Gasteiger partial charge in [-0.25, -0.2) is 4.79 Å². The van der Waals surface area contributed by atoms with E-state index >= 15 is 0 Å². The van der Waals surface area contributed by atoms with Crippen LogP contribution in [-0.2, 0) is 0 Å². The Labute approximate surface area is 127 Å². The number of hydrogen-bond donors (Lipinski definition) is 2. The molecule has 3 N–H and O–H groups in total. The first-order valence-electron chi connectivity index (χ1n) is 6.15. The average Bonchev–Trinajstić information content (AvgIpc) is 2.43. The third-order valence-electron chi connectivity index (χ3n) is 3.34. The first kappa shape index (κ1) is 14.9. The third kappa shape index (κ3) is 3.34. The van der Waals surface area contributed by atoms with Gasteiger partial charge in [-0.3, -0.25) is 0 Å². The van der Waals surface area contributed by atoms with E-state index < -0.39 is 5.54 Å². The lowest BCUT2D eigenvalue weighted by Gasteiger charge is -2.34. The van der Waals surface area contributed by atoms with Gasteiger partial charge in [0, 0.05) is 18.1 Å². The smallest absolute Gasteiger partial charge is 0.321 e. The molecule has 1 aromatic rings. The molecule has 0 saturated carbocycles. The van der Waals surface area contributed by atoms with Crippen LogP contribution in [0.25, 0.3) is 0 Å². The van der Waals surface area contributed by atoms with Crippen molar-refractivity contribution in [2.45, 2.75) is 18.4 Å². The van der Waals surface area contributed by atoms with Crippen LogP contribution in [0.15, 0.2) is 18.2 Å². The number of nitriles is 1. The summed E-state index contributed by atoms with van der Waals surface area (Å²) < 4.78 is 0. The molecule has 0 unspecified atom stereocenters.